The zero-order valence-electron chi connectivity index (χ0n) is 21.1. The van der Waals surface area contributed by atoms with Crippen LogP contribution in [0.2, 0.25) is 0 Å². The van der Waals surface area contributed by atoms with Gasteiger partial charge in [-0.15, -0.1) is 0 Å². The van der Waals surface area contributed by atoms with E-state index in [-0.39, 0.29) is 30.0 Å². The van der Waals surface area contributed by atoms with Crippen LogP contribution in [-0.2, 0) is 6.54 Å². The number of likely N-dealkylation sites (tertiary alicyclic amines) is 1. The summed E-state index contributed by atoms with van der Waals surface area (Å²) in [6, 6.07) is 26.3. The van der Waals surface area contributed by atoms with Gasteiger partial charge in [0.15, 0.2) is 0 Å². The minimum absolute atomic E-state index is 0. The Morgan fingerprint density at radius 3 is 2.35 bits per heavy atom. The minimum atomic E-state index is -4.33. The van der Waals surface area contributed by atoms with Gasteiger partial charge < -0.3 is 9.47 Å². The number of alkyl halides is 3. The van der Waals surface area contributed by atoms with E-state index in [1.165, 1.54) is 12.1 Å². The molecule has 0 atom stereocenters. The summed E-state index contributed by atoms with van der Waals surface area (Å²) < 4.78 is 40.5. The Kier molecular flexibility index (Phi) is 7.90. The van der Waals surface area contributed by atoms with Crippen LogP contribution in [0.3, 0.4) is 0 Å². The monoisotopic (exact) mass is 561 g/mol. The lowest BCUT2D eigenvalue weighted by molar-refractivity contribution is -0.0328. The Labute approximate surface area is 235 Å². The third kappa shape index (κ3) is 5.72. The third-order valence-corrected chi connectivity index (χ3v) is 7.91. The molecule has 4 nitrogen and oxygen atoms in total. The molecule has 0 spiro atoms. The second-order valence-electron chi connectivity index (χ2n) is 9.80. The van der Waals surface area contributed by atoms with Gasteiger partial charge in [0, 0.05) is 35.7 Å². The molecule has 206 valence electrons. The minimum Gasteiger partial charge on any atom is -0.339 e. The van der Waals surface area contributed by atoms with Gasteiger partial charge in [-0.25, -0.2) is 4.98 Å². The number of amides is 1. The molecule has 0 N–H and O–H groups in total. The van der Waals surface area contributed by atoms with Crippen molar-refractivity contribution < 1.29 is 18.0 Å². The highest BCUT2D eigenvalue weighted by molar-refractivity contribution is 8.00. The van der Waals surface area contributed by atoms with E-state index in [1.54, 1.807) is 12.1 Å². The number of hydrogen-bond acceptors (Lipinski definition) is 3. The first-order valence-corrected chi connectivity index (χ1v) is 13.8. The molecule has 0 unspecified atom stereocenters. The molecule has 0 bridgehead atoms. The number of imidazole rings is 1. The molecule has 8 heteroatoms. The van der Waals surface area contributed by atoms with Crippen LogP contribution in [0.1, 0.15) is 42.6 Å². The molecule has 1 aliphatic rings. The van der Waals surface area contributed by atoms with E-state index in [2.05, 4.69) is 22.8 Å². The van der Waals surface area contributed by atoms with Crippen LogP contribution in [0, 0.1) is 0 Å². The normalized spacial score (nSPS) is 13.9. The van der Waals surface area contributed by atoms with Gasteiger partial charge in [-0.3, -0.25) is 4.79 Å². The van der Waals surface area contributed by atoms with Crippen molar-refractivity contribution in [3.05, 3.63) is 96.1 Å². The maximum atomic E-state index is 13.2. The first-order valence-electron chi connectivity index (χ1n) is 13.0. The summed E-state index contributed by atoms with van der Waals surface area (Å²) in [5, 5.41) is 2.14. The molecule has 6 rings (SSSR count). The maximum absolute atomic E-state index is 13.2. The number of nitrogens with zero attached hydrogens (tertiary/aromatic N) is 3. The van der Waals surface area contributed by atoms with Crippen LogP contribution in [0.4, 0.5) is 13.2 Å². The highest BCUT2D eigenvalue weighted by atomic mass is 32.2. The Bertz CT molecular complexity index is 1650. The molecule has 1 aromatic heterocycles. The van der Waals surface area contributed by atoms with E-state index in [1.807, 2.05) is 47.4 Å². The van der Waals surface area contributed by atoms with Gasteiger partial charge in [0.2, 0.25) is 0 Å². The Hall–Kier alpha value is -3.78. The van der Waals surface area contributed by atoms with Gasteiger partial charge in [-0.05, 0) is 77.7 Å². The fourth-order valence-electron chi connectivity index (χ4n) is 5.31. The highest BCUT2D eigenvalue weighted by Crippen LogP contribution is 2.37. The summed E-state index contributed by atoms with van der Waals surface area (Å²) in [7, 11) is 0. The quantitative estimate of drug-likeness (QED) is 0.201. The van der Waals surface area contributed by atoms with E-state index in [9.17, 15) is 18.0 Å². The summed E-state index contributed by atoms with van der Waals surface area (Å²) in [6.45, 7) is 1.97. The van der Waals surface area contributed by atoms with Gasteiger partial charge in [-0.1, -0.05) is 62.0 Å². The van der Waals surface area contributed by atoms with Gasteiger partial charge in [0.05, 0.1) is 11.0 Å². The zero-order chi connectivity index (χ0) is 27.0. The topological polar surface area (TPSA) is 38.1 Å². The van der Waals surface area contributed by atoms with Crippen molar-refractivity contribution in [1.82, 2.24) is 14.5 Å². The number of carbonyl (C=O) groups excluding carboxylic acids is 1. The average Bonchev–Trinajstić information content (AvgIpc) is 3.30. The largest absolute Gasteiger partial charge is 0.446 e. The Morgan fingerprint density at radius 1 is 0.875 bits per heavy atom. The Balaban J connectivity index is 0.00000323. The van der Waals surface area contributed by atoms with E-state index in [0.29, 0.717) is 17.6 Å². The average molecular weight is 562 g/mol. The summed E-state index contributed by atoms with van der Waals surface area (Å²) in [6.07, 6.45) is 3.19. The number of carbonyl (C=O) groups is 1. The SMILES string of the molecule is C.O=C(c1ccc2c(c1)nc(-c1cccc3ccccc13)n2Cc1ccc(SC(F)(F)F)cc1)N1CCCCC1. The maximum Gasteiger partial charge on any atom is 0.446 e. The zero-order valence-corrected chi connectivity index (χ0v) is 21.9. The lowest BCUT2D eigenvalue weighted by Gasteiger charge is -2.26. The van der Waals surface area contributed by atoms with Gasteiger partial charge in [0.1, 0.15) is 5.82 Å². The summed E-state index contributed by atoms with van der Waals surface area (Å²) >= 11 is -0.118. The molecule has 1 fully saturated rings. The van der Waals surface area contributed by atoms with Crippen molar-refractivity contribution in [2.45, 2.75) is 43.6 Å². The van der Waals surface area contributed by atoms with Crippen molar-refractivity contribution in [2.24, 2.45) is 0 Å². The lowest BCUT2D eigenvalue weighted by atomic mass is 10.0. The van der Waals surface area contributed by atoms with E-state index >= 15 is 0 Å². The number of halogens is 3. The standard InChI is InChI=1S/C31H26F3N3OS.CH4/c32-31(33,34)39-24-14-11-21(12-15-24)20-37-28-16-13-23(30(38)36-17-4-1-5-18-36)19-27(28)35-29(37)26-10-6-8-22-7-2-3-9-25(22)26;/h2-3,6-16,19H,1,4-5,17-18,20H2;1H4. The first kappa shape index (κ1) is 27.8. The molecule has 0 aliphatic carbocycles. The van der Waals surface area contributed by atoms with Crippen LogP contribution in [0.25, 0.3) is 33.2 Å². The molecule has 4 aromatic carbocycles. The molecule has 40 heavy (non-hydrogen) atoms. The molecular formula is C32H30F3N3OS. The number of fused-ring (bicyclic) bond motifs is 2. The van der Waals surface area contributed by atoms with Crippen LogP contribution >= 0.6 is 11.8 Å². The summed E-state index contributed by atoms with van der Waals surface area (Å²) in [5.41, 5.74) is -0.320. The van der Waals surface area contributed by atoms with Crippen molar-refractivity contribution in [2.75, 3.05) is 13.1 Å². The fourth-order valence-corrected chi connectivity index (χ4v) is 5.85. The van der Waals surface area contributed by atoms with Gasteiger partial charge >= 0.3 is 5.51 Å². The molecule has 0 saturated carbocycles. The van der Waals surface area contributed by atoms with Crippen molar-refractivity contribution in [1.29, 1.82) is 0 Å². The smallest absolute Gasteiger partial charge is 0.339 e. The van der Waals surface area contributed by atoms with Crippen LogP contribution < -0.4 is 0 Å². The lowest BCUT2D eigenvalue weighted by Crippen LogP contribution is -2.35. The van der Waals surface area contributed by atoms with Gasteiger partial charge in [-0.2, -0.15) is 13.2 Å². The number of aromatic nitrogens is 2. The van der Waals surface area contributed by atoms with Crippen LogP contribution in [0.15, 0.2) is 89.8 Å². The fraction of sp³-hybridized carbons (Fsp3) is 0.250. The second-order valence-corrected chi connectivity index (χ2v) is 10.9. The third-order valence-electron chi connectivity index (χ3n) is 7.17. The van der Waals surface area contributed by atoms with Crippen molar-refractivity contribution in [3.63, 3.8) is 0 Å². The molecular weight excluding hydrogens is 531 g/mol. The Morgan fingerprint density at radius 2 is 1.60 bits per heavy atom. The molecule has 1 saturated heterocycles. The molecule has 1 aliphatic heterocycles. The molecule has 1 amide bonds. The molecule has 2 heterocycles. The van der Waals surface area contributed by atoms with Crippen molar-refractivity contribution >= 4 is 39.5 Å². The first-order chi connectivity index (χ1) is 18.9. The van der Waals surface area contributed by atoms with Crippen molar-refractivity contribution in [3.8, 4) is 11.4 Å². The van der Waals surface area contributed by atoms with Crippen LogP contribution in [0.5, 0.6) is 0 Å². The molecule has 5 aromatic rings. The number of thioether (sulfide) groups is 1. The highest BCUT2D eigenvalue weighted by Gasteiger charge is 2.29. The van der Waals surface area contributed by atoms with Crippen LogP contribution in [-0.4, -0.2) is 39.0 Å². The van der Waals surface area contributed by atoms with Gasteiger partial charge in [0.25, 0.3) is 5.91 Å². The molecule has 0 radical (unpaired) electrons. The number of hydrogen-bond donors (Lipinski definition) is 0. The van der Waals surface area contributed by atoms with E-state index < -0.39 is 5.51 Å². The number of benzene rings is 4. The number of rotatable bonds is 5. The predicted octanol–water partition coefficient (Wildman–Crippen LogP) is 8.78. The second kappa shape index (κ2) is 11.4. The predicted molar refractivity (Wildman–Crippen MR) is 157 cm³/mol. The number of piperidine rings is 1. The van der Waals surface area contributed by atoms with E-state index in [0.717, 1.165) is 65.6 Å². The van der Waals surface area contributed by atoms with E-state index in [4.69, 9.17) is 4.98 Å². The summed E-state index contributed by atoms with van der Waals surface area (Å²) in [4.78, 5) is 20.3. The summed E-state index contributed by atoms with van der Waals surface area (Å²) in [5.74, 6) is 0.772.